The molecule has 0 bridgehead atoms. The van der Waals surface area contributed by atoms with Crippen molar-refractivity contribution in [2.75, 3.05) is 43.5 Å². The smallest absolute Gasteiger partial charge is 0.322 e. The van der Waals surface area contributed by atoms with E-state index in [1.165, 1.54) is 23.0 Å². The Morgan fingerprint density at radius 1 is 0.949 bits per heavy atom. The Morgan fingerprint density at radius 2 is 1.77 bits per heavy atom. The zero-order chi connectivity index (χ0) is 26.9. The summed E-state index contributed by atoms with van der Waals surface area (Å²) in [6, 6.07) is 14.1. The van der Waals surface area contributed by atoms with Gasteiger partial charge < -0.3 is 24.8 Å². The summed E-state index contributed by atoms with van der Waals surface area (Å²) in [6.07, 6.45) is 4.80. The highest BCUT2D eigenvalue weighted by molar-refractivity contribution is 5.93. The second kappa shape index (κ2) is 10.6. The van der Waals surface area contributed by atoms with Crippen molar-refractivity contribution in [1.29, 1.82) is 0 Å². The lowest BCUT2D eigenvalue weighted by atomic mass is 9.97. The molecule has 6 rings (SSSR count). The molecule has 0 spiro atoms. The number of hydrogen-bond acceptors (Lipinski definition) is 6. The molecular formula is C30H34N6O3. The Kier molecular flexibility index (Phi) is 6.81. The van der Waals surface area contributed by atoms with Crippen molar-refractivity contribution in [3.05, 3.63) is 76.7 Å². The van der Waals surface area contributed by atoms with Gasteiger partial charge in [0.1, 0.15) is 23.6 Å². The topological polar surface area (TPSA) is 90.9 Å². The van der Waals surface area contributed by atoms with Gasteiger partial charge in [-0.25, -0.2) is 14.8 Å². The second-order valence-electron chi connectivity index (χ2n) is 10.6. The molecule has 3 aliphatic rings. The van der Waals surface area contributed by atoms with Gasteiger partial charge in [0.25, 0.3) is 5.91 Å². The minimum absolute atomic E-state index is 0.0504. The molecule has 0 saturated carbocycles. The molecule has 0 atom stereocenters. The number of hydrogen-bond donors (Lipinski definition) is 1. The monoisotopic (exact) mass is 526 g/mol. The third kappa shape index (κ3) is 5.13. The fourth-order valence-corrected chi connectivity index (χ4v) is 5.96. The number of anilines is 2. The molecule has 3 aromatic rings. The van der Waals surface area contributed by atoms with Gasteiger partial charge in [-0.05, 0) is 67.5 Å². The quantitative estimate of drug-likeness (QED) is 0.552. The SMILES string of the molecule is COc1ccc2c(c1)CCN(C1CCN(c3cc(C(=O)N4CCc5cc(C)ccc5C4)ncn3)CC1)C(=O)N2. The van der Waals surface area contributed by atoms with Gasteiger partial charge in [0.15, 0.2) is 0 Å². The van der Waals surface area contributed by atoms with Crippen LogP contribution in [0.25, 0.3) is 0 Å². The van der Waals surface area contributed by atoms with E-state index in [-0.39, 0.29) is 18.0 Å². The number of urea groups is 1. The fraction of sp³-hybridized carbons (Fsp3) is 0.400. The molecule has 39 heavy (non-hydrogen) atoms. The van der Waals surface area contributed by atoms with E-state index in [1.807, 2.05) is 34.1 Å². The van der Waals surface area contributed by atoms with Crippen LogP contribution in [0.5, 0.6) is 5.75 Å². The minimum atomic E-state index is -0.0582. The number of nitrogens with zero attached hydrogens (tertiary/aromatic N) is 5. The predicted molar refractivity (Wildman–Crippen MR) is 149 cm³/mol. The van der Waals surface area contributed by atoms with Crippen LogP contribution >= 0.6 is 0 Å². The summed E-state index contributed by atoms with van der Waals surface area (Å²) < 4.78 is 5.35. The number of benzene rings is 2. The number of nitrogens with one attached hydrogen (secondary N) is 1. The van der Waals surface area contributed by atoms with E-state index >= 15 is 0 Å². The maximum absolute atomic E-state index is 13.3. The largest absolute Gasteiger partial charge is 0.497 e. The highest BCUT2D eigenvalue weighted by Gasteiger charge is 2.31. The molecule has 1 aromatic heterocycles. The van der Waals surface area contributed by atoms with Crippen LogP contribution in [-0.2, 0) is 19.4 Å². The third-order valence-corrected chi connectivity index (χ3v) is 8.20. The molecule has 3 amide bonds. The molecule has 9 heteroatoms. The summed E-state index contributed by atoms with van der Waals surface area (Å²) in [5, 5.41) is 3.08. The first kappa shape index (κ1) is 25.2. The van der Waals surface area contributed by atoms with Crippen LogP contribution in [0.3, 0.4) is 0 Å². The number of aromatic nitrogens is 2. The number of fused-ring (bicyclic) bond motifs is 2. The summed E-state index contributed by atoms with van der Waals surface area (Å²) >= 11 is 0. The summed E-state index contributed by atoms with van der Waals surface area (Å²) in [5.74, 6) is 1.50. The molecule has 9 nitrogen and oxygen atoms in total. The Balaban J connectivity index is 1.08. The molecular weight excluding hydrogens is 492 g/mol. The first-order chi connectivity index (χ1) is 19.0. The van der Waals surface area contributed by atoms with Gasteiger partial charge in [-0.1, -0.05) is 23.8 Å². The van der Waals surface area contributed by atoms with E-state index in [1.54, 1.807) is 7.11 Å². The number of ether oxygens (including phenoxy) is 1. The van der Waals surface area contributed by atoms with Gasteiger partial charge in [0.05, 0.1) is 7.11 Å². The summed E-state index contributed by atoms with van der Waals surface area (Å²) in [6.45, 7) is 5.58. The van der Waals surface area contributed by atoms with Crippen LogP contribution in [0.1, 0.15) is 45.6 Å². The number of methoxy groups -OCH3 is 1. The third-order valence-electron chi connectivity index (χ3n) is 8.20. The van der Waals surface area contributed by atoms with Gasteiger partial charge in [0.2, 0.25) is 0 Å². The van der Waals surface area contributed by atoms with Crippen molar-refractivity contribution >= 4 is 23.4 Å². The first-order valence-corrected chi connectivity index (χ1v) is 13.7. The Morgan fingerprint density at radius 3 is 2.59 bits per heavy atom. The van der Waals surface area contributed by atoms with Gasteiger partial charge in [0, 0.05) is 50.5 Å². The second-order valence-corrected chi connectivity index (χ2v) is 10.6. The van der Waals surface area contributed by atoms with Crippen LogP contribution < -0.4 is 15.0 Å². The molecule has 4 heterocycles. The number of piperidine rings is 1. The zero-order valence-electron chi connectivity index (χ0n) is 22.5. The maximum Gasteiger partial charge on any atom is 0.322 e. The minimum Gasteiger partial charge on any atom is -0.497 e. The number of carbonyl (C=O) groups excluding carboxylic acids is 2. The van der Waals surface area contributed by atoms with Crippen molar-refractivity contribution in [3.8, 4) is 5.75 Å². The van der Waals surface area contributed by atoms with Crippen LogP contribution in [0.15, 0.2) is 48.8 Å². The summed E-state index contributed by atoms with van der Waals surface area (Å²) in [4.78, 5) is 41.2. The van der Waals surface area contributed by atoms with Crippen LogP contribution in [-0.4, -0.2) is 71.0 Å². The highest BCUT2D eigenvalue weighted by atomic mass is 16.5. The van der Waals surface area contributed by atoms with E-state index in [2.05, 4.69) is 45.3 Å². The standard InChI is InChI=1S/C30H34N6O3/c1-20-3-4-23-18-35(11-7-21(23)15-20)29(37)27-17-28(32-19-31-27)34-12-9-24(10-13-34)36-14-8-22-16-25(39-2)5-6-26(22)33-30(36)38/h3-6,15-17,19,24H,7-14,18H2,1-2H3,(H,33,38). The number of amides is 3. The lowest BCUT2D eigenvalue weighted by Gasteiger charge is -2.38. The van der Waals surface area contributed by atoms with E-state index < -0.39 is 0 Å². The lowest BCUT2D eigenvalue weighted by Crippen LogP contribution is -2.49. The molecule has 202 valence electrons. The molecule has 1 N–H and O–H groups in total. The Labute approximate surface area is 228 Å². The van der Waals surface area contributed by atoms with Gasteiger partial charge in [-0.3, -0.25) is 4.79 Å². The van der Waals surface area contributed by atoms with Gasteiger partial charge >= 0.3 is 6.03 Å². The molecule has 1 fully saturated rings. The summed E-state index contributed by atoms with van der Waals surface area (Å²) in [7, 11) is 1.65. The van der Waals surface area contributed by atoms with Gasteiger partial charge in [-0.15, -0.1) is 0 Å². The average Bonchev–Trinajstić information content (AvgIpc) is 3.14. The molecule has 1 saturated heterocycles. The fourth-order valence-electron chi connectivity index (χ4n) is 5.96. The molecule has 0 radical (unpaired) electrons. The van der Waals surface area contributed by atoms with Crippen LogP contribution in [0.2, 0.25) is 0 Å². The van der Waals surface area contributed by atoms with Crippen LogP contribution in [0, 0.1) is 6.92 Å². The number of rotatable bonds is 4. The Bertz CT molecular complexity index is 1400. The van der Waals surface area contributed by atoms with Gasteiger partial charge in [-0.2, -0.15) is 0 Å². The van der Waals surface area contributed by atoms with Crippen LogP contribution in [0.4, 0.5) is 16.3 Å². The Hall–Kier alpha value is -4.14. The molecule has 0 aliphatic carbocycles. The van der Waals surface area contributed by atoms with E-state index in [0.717, 1.165) is 61.6 Å². The number of aryl methyl sites for hydroxylation is 1. The summed E-state index contributed by atoms with van der Waals surface area (Å²) in [5.41, 5.74) is 6.15. The lowest BCUT2D eigenvalue weighted by molar-refractivity contribution is 0.0728. The normalized spacial score (nSPS) is 17.7. The average molecular weight is 527 g/mol. The molecule has 3 aliphatic heterocycles. The van der Waals surface area contributed by atoms with E-state index in [4.69, 9.17) is 4.74 Å². The van der Waals surface area contributed by atoms with Crippen molar-refractivity contribution in [2.24, 2.45) is 0 Å². The maximum atomic E-state index is 13.3. The predicted octanol–water partition coefficient (Wildman–Crippen LogP) is 4.05. The zero-order valence-corrected chi connectivity index (χ0v) is 22.5. The molecule has 2 aromatic carbocycles. The van der Waals surface area contributed by atoms with E-state index in [9.17, 15) is 9.59 Å². The molecule has 0 unspecified atom stereocenters. The van der Waals surface area contributed by atoms with E-state index in [0.29, 0.717) is 25.3 Å². The van der Waals surface area contributed by atoms with Crippen molar-refractivity contribution in [3.63, 3.8) is 0 Å². The first-order valence-electron chi connectivity index (χ1n) is 13.7. The van der Waals surface area contributed by atoms with Crippen molar-refractivity contribution in [2.45, 2.75) is 45.2 Å². The van der Waals surface area contributed by atoms with Crippen molar-refractivity contribution < 1.29 is 14.3 Å². The highest BCUT2D eigenvalue weighted by Crippen LogP contribution is 2.29. The van der Waals surface area contributed by atoms with Crippen molar-refractivity contribution in [1.82, 2.24) is 19.8 Å². The number of carbonyl (C=O) groups is 2.